The van der Waals surface area contributed by atoms with Gasteiger partial charge in [0.05, 0.1) is 0 Å². The Morgan fingerprint density at radius 1 is 1.00 bits per heavy atom. The topological polar surface area (TPSA) is 141 Å². The Kier molecular flexibility index (Phi) is 8.73. The van der Waals surface area contributed by atoms with Crippen molar-refractivity contribution in [3.05, 3.63) is 24.5 Å². The van der Waals surface area contributed by atoms with Crippen LogP contribution in [0, 0.1) is 0 Å². The summed E-state index contributed by atoms with van der Waals surface area (Å²) in [5, 5.41) is 8.27. The third kappa shape index (κ3) is 8.02. The number of hydrogen-bond acceptors (Lipinski definition) is 7. The maximum atomic E-state index is 10.0. The molecule has 5 N–H and O–H groups in total. The smallest absolute Gasteiger partial charge is 0.303 e. The van der Waals surface area contributed by atoms with E-state index in [-0.39, 0.29) is 11.9 Å². The lowest BCUT2D eigenvalue weighted by molar-refractivity contribution is -0.137. The molecule has 0 spiro atoms. The molecule has 2 heterocycles. The quantitative estimate of drug-likeness (QED) is 0.657. The molecule has 0 radical (unpaired) electrons. The number of aromatic nitrogens is 4. The summed E-state index contributed by atoms with van der Waals surface area (Å²) in [6, 6.07) is 3.54. The van der Waals surface area contributed by atoms with Crippen molar-refractivity contribution >= 4 is 17.9 Å². The summed E-state index contributed by atoms with van der Waals surface area (Å²) in [6.45, 7) is 2.15. The first-order chi connectivity index (χ1) is 11.5. The number of carboxylic acid groups (broad SMARTS) is 1. The van der Waals surface area contributed by atoms with Gasteiger partial charge in [-0.3, -0.25) is 9.78 Å². The van der Waals surface area contributed by atoms with Crippen LogP contribution in [-0.4, -0.2) is 31.0 Å². The molecule has 2 aromatic rings. The second kappa shape index (κ2) is 10.9. The van der Waals surface area contributed by atoms with Gasteiger partial charge in [-0.05, 0) is 18.6 Å². The van der Waals surface area contributed by atoms with Crippen LogP contribution in [-0.2, 0) is 4.79 Å². The van der Waals surface area contributed by atoms with Gasteiger partial charge in [-0.25, -0.2) is 0 Å². The van der Waals surface area contributed by atoms with Crippen molar-refractivity contribution in [3.63, 3.8) is 0 Å². The van der Waals surface area contributed by atoms with Gasteiger partial charge >= 0.3 is 5.97 Å². The molecule has 0 atom stereocenters. The first kappa shape index (κ1) is 19.3. The standard InChI is InChI=1S/C8H8N6.C8H16O2/c9-7-12-6(13-8(10)14-7)5-1-3-11-4-2-5;1-2-3-4-5-6-7-8(9)10/h1-4H,(H4,9,10,12,13,14);2-7H2,1H3,(H,9,10). The van der Waals surface area contributed by atoms with E-state index < -0.39 is 5.97 Å². The average Bonchev–Trinajstić information content (AvgIpc) is 2.55. The number of nitrogens with zero attached hydrogens (tertiary/aromatic N) is 4. The Balaban J connectivity index is 0.000000257. The molecule has 0 aliphatic carbocycles. The van der Waals surface area contributed by atoms with E-state index in [1.165, 1.54) is 19.3 Å². The van der Waals surface area contributed by atoms with Gasteiger partial charge in [-0.1, -0.05) is 32.6 Å². The molecule has 0 aliphatic heterocycles. The number of carboxylic acids is 1. The van der Waals surface area contributed by atoms with E-state index in [0.717, 1.165) is 18.4 Å². The summed E-state index contributed by atoms with van der Waals surface area (Å²) >= 11 is 0. The monoisotopic (exact) mass is 332 g/mol. The zero-order valence-corrected chi connectivity index (χ0v) is 13.9. The van der Waals surface area contributed by atoms with Gasteiger partial charge in [0.2, 0.25) is 11.9 Å². The summed E-state index contributed by atoms with van der Waals surface area (Å²) in [5.74, 6) is 0.0162. The van der Waals surface area contributed by atoms with Crippen molar-refractivity contribution in [2.75, 3.05) is 11.5 Å². The van der Waals surface area contributed by atoms with Crippen molar-refractivity contribution in [1.82, 2.24) is 19.9 Å². The van der Waals surface area contributed by atoms with Gasteiger partial charge in [-0.2, -0.15) is 15.0 Å². The molecule has 130 valence electrons. The van der Waals surface area contributed by atoms with Gasteiger partial charge in [0, 0.05) is 24.4 Å². The number of nitrogens with two attached hydrogens (primary N) is 2. The largest absolute Gasteiger partial charge is 0.481 e. The number of anilines is 2. The number of carbonyl (C=O) groups is 1. The minimum atomic E-state index is -0.670. The molecule has 8 nitrogen and oxygen atoms in total. The van der Waals surface area contributed by atoms with Crippen molar-refractivity contribution in [2.24, 2.45) is 0 Å². The summed E-state index contributed by atoms with van der Waals surface area (Å²) in [5.41, 5.74) is 11.7. The van der Waals surface area contributed by atoms with Crippen molar-refractivity contribution < 1.29 is 9.90 Å². The molecule has 8 heteroatoms. The highest BCUT2D eigenvalue weighted by Gasteiger charge is 2.03. The number of rotatable bonds is 7. The molecule has 24 heavy (non-hydrogen) atoms. The number of nitrogen functional groups attached to an aromatic ring is 2. The van der Waals surface area contributed by atoms with Crippen molar-refractivity contribution in [2.45, 2.75) is 45.4 Å². The Labute approximate surface area is 141 Å². The van der Waals surface area contributed by atoms with E-state index in [2.05, 4.69) is 26.9 Å². The maximum absolute atomic E-state index is 10.0. The van der Waals surface area contributed by atoms with Crippen LogP contribution in [0.5, 0.6) is 0 Å². The van der Waals surface area contributed by atoms with Crippen molar-refractivity contribution in [3.8, 4) is 11.4 Å². The van der Waals surface area contributed by atoms with Crippen LogP contribution in [0.3, 0.4) is 0 Å². The SMILES string of the molecule is CCCCCCCC(=O)O.Nc1nc(N)nc(-c2ccncc2)n1. The molecule has 0 fully saturated rings. The zero-order chi connectivity index (χ0) is 17.8. The highest BCUT2D eigenvalue weighted by Crippen LogP contribution is 2.14. The van der Waals surface area contributed by atoms with Crippen LogP contribution < -0.4 is 11.5 Å². The Morgan fingerprint density at radius 2 is 1.58 bits per heavy atom. The molecule has 2 rings (SSSR count). The van der Waals surface area contributed by atoms with E-state index in [4.69, 9.17) is 16.6 Å². The average molecular weight is 332 g/mol. The van der Waals surface area contributed by atoms with Crippen LogP contribution in [0.1, 0.15) is 45.4 Å². The lowest BCUT2D eigenvalue weighted by Gasteiger charge is -2.00. The summed E-state index contributed by atoms with van der Waals surface area (Å²) in [4.78, 5) is 25.5. The molecule has 2 aromatic heterocycles. The van der Waals surface area contributed by atoms with Gasteiger partial charge in [0.1, 0.15) is 0 Å². The lowest BCUT2D eigenvalue weighted by Crippen LogP contribution is -2.04. The first-order valence-electron chi connectivity index (χ1n) is 7.92. The number of aliphatic carboxylic acids is 1. The molecular formula is C16H24N6O2. The zero-order valence-electron chi connectivity index (χ0n) is 13.9. The fraction of sp³-hybridized carbons (Fsp3) is 0.438. The van der Waals surface area contributed by atoms with Crippen LogP contribution >= 0.6 is 0 Å². The molecule has 0 aliphatic rings. The van der Waals surface area contributed by atoms with Gasteiger partial charge < -0.3 is 16.6 Å². The van der Waals surface area contributed by atoms with Crippen LogP contribution in [0.2, 0.25) is 0 Å². The molecule has 0 saturated heterocycles. The third-order valence-electron chi connectivity index (χ3n) is 3.10. The summed E-state index contributed by atoms with van der Waals surface area (Å²) < 4.78 is 0. The fourth-order valence-electron chi connectivity index (χ4n) is 1.92. The number of unbranched alkanes of at least 4 members (excludes halogenated alkanes) is 4. The predicted molar refractivity (Wildman–Crippen MR) is 92.9 cm³/mol. The minimum absolute atomic E-state index is 0.115. The van der Waals surface area contributed by atoms with E-state index >= 15 is 0 Å². The predicted octanol–water partition coefficient (Wildman–Crippen LogP) is 2.53. The van der Waals surface area contributed by atoms with Gasteiger partial charge in [0.25, 0.3) is 0 Å². The number of hydrogen-bond donors (Lipinski definition) is 3. The van der Waals surface area contributed by atoms with Crippen LogP contribution in [0.15, 0.2) is 24.5 Å². The van der Waals surface area contributed by atoms with E-state index in [0.29, 0.717) is 12.2 Å². The second-order valence-corrected chi connectivity index (χ2v) is 5.17. The molecule has 0 amide bonds. The molecular weight excluding hydrogens is 308 g/mol. The Bertz CT molecular complexity index is 601. The van der Waals surface area contributed by atoms with Gasteiger partial charge in [0.15, 0.2) is 5.82 Å². The Hall–Kier alpha value is -2.77. The lowest BCUT2D eigenvalue weighted by atomic mass is 10.1. The summed E-state index contributed by atoms with van der Waals surface area (Å²) in [7, 11) is 0. The van der Waals surface area contributed by atoms with Crippen LogP contribution in [0.4, 0.5) is 11.9 Å². The maximum Gasteiger partial charge on any atom is 0.303 e. The van der Waals surface area contributed by atoms with E-state index in [1.807, 2.05) is 0 Å². The molecule has 0 unspecified atom stereocenters. The molecule has 0 aromatic carbocycles. The van der Waals surface area contributed by atoms with E-state index in [1.54, 1.807) is 24.5 Å². The highest BCUT2D eigenvalue weighted by atomic mass is 16.4. The number of pyridine rings is 1. The Morgan fingerprint density at radius 3 is 2.12 bits per heavy atom. The molecule has 0 saturated carbocycles. The molecule has 0 bridgehead atoms. The minimum Gasteiger partial charge on any atom is -0.481 e. The normalized spacial score (nSPS) is 9.88. The fourth-order valence-corrected chi connectivity index (χ4v) is 1.92. The highest BCUT2D eigenvalue weighted by molar-refractivity contribution is 5.66. The third-order valence-corrected chi connectivity index (χ3v) is 3.10. The second-order valence-electron chi connectivity index (χ2n) is 5.17. The van der Waals surface area contributed by atoms with E-state index in [9.17, 15) is 4.79 Å². The van der Waals surface area contributed by atoms with Crippen LogP contribution in [0.25, 0.3) is 11.4 Å². The summed E-state index contributed by atoms with van der Waals surface area (Å²) in [6.07, 6.45) is 9.17. The first-order valence-corrected chi connectivity index (χ1v) is 7.92. The van der Waals surface area contributed by atoms with Crippen molar-refractivity contribution in [1.29, 1.82) is 0 Å². The van der Waals surface area contributed by atoms with Gasteiger partial charge in [-0.15, -0.1) is 0 Å².